The van der Waals surface area contributed by atoms with Crippen LogP contribution >= 0.6 is 0 Å². The van der Waals surface area contributed by atoms with Gasteiger partial charge in [0.1, 0.15) is 12.6 Å². The lowest BCUT2D eigenvalue weighted by Gasteiger charge is -2.30. The normalized spacial score (nSPS) is 18.9. The Kier molecular flexibility index (Phi) is 4.35. The highest BCUT2D eigenvalue weighted by Gasteiger charge is 2.28. The zero-order chi connectivity index (χ0) is 13.7. The zero-order valence-electron chi connectivity index (χ0n) is 10.4. The summed E-state index contributed by atoms with van der Waals surface area (Å²) >= 11 is 0. The molecule has 19 heavy (non-hydrogen) atoms. The van der Waals surface area contributed by atoms with Gasteiger partial charge in [0, 0.05) is 13.1 Å². The molecule has 0 saturated carbocycles. The minimum atomic E-state index is -0.958. The molecule has 1 unspecified atom stereocenters. The van der Waals surface area contributed by atoms with Crippen LogP contribution in [0.25, 0.3) is 0 Å². The van der Waals surface area contributed by atoms with E-state index in [1.54, 1.807) is 0 Å². The van der Waals surface area contributed by atoms with Crippen molar-refractivity contribution >= 4 is 12.1 Å². The van der Waals surface area contributed by atoms with Crippen LogP contribution < -0.4 is 5.32 Å². The van der Waals surface area contributed by atoms with Crippen molar-refractivity contribution in [3.05, 3.63) is 35.9 Å². The fraction of sp³-hybridized carbons (Fsp3) is 0.385. The molecule has 6 nitrogen and oxygen atoms in total. The number of benzene rings is 1. The standard InChI is InChI=1S/C13H16N2O4/c16-12(17)11-8-15(7-6-14-11)13(18)19-9-10-4-2-1-3-5-10/h1-5,11,14H,6-9H2,(H,16,17). The van der Waals surface area contributed by atoms with Gasteiger partial charge in [-0.1, -0.05) is 30.3 Å². The van der Waals surface area contributed by atoms with Crippen molar-refractivity contribution in [3.63, 3.8) is 0 Å². The van der Waals surface area contributed by atoms with Gasteiger partial charge in [-0.3, -0.25) is 4.79 Å². The van der Waals surface area contributed by atoms with Gasteiger partial charge in [-0.05, 0) is 5.56 Å². The molecule has 1 atom stereocenters. The fourth-order valence-electron chi connectivity index (χ4n) is 1.89. The summed E-state index contributed by atoms with van der Waals surface area (Å²) in [5, 5.41) is 11.7. The maximum atomic E-state index is 11.8. The Labute approximate surface area is 111 Å². The molecule has 1 amide bonds. The summed E-state index contributed by atoms with van der Waals surface area (Å²) < 4.78 is 5.16. The third-order valence-corrected chi connectivity index (χ3v) is 2.94. The molecule has 102 valence electrons. The van der Waals surface area contributed by atoms with Gasteiger partial charge in [-0.25, -0.2) is 4.79 Å². The lowest BCUT2D eigenvalue weighted by molar-refractivity contribution is -0.140. The Morgan fingerprint density at radius 1 is 1.37 bits per heavy atom. The van der Waals surface area contributed by atoms with E-state index in [0.717, 1.165) is 5.56 Å². The van der Waals surface area contributed by atoms with E-state index in [1.807, 2.05) is 30.3 Å². The van der Waals surface area contributed by atoms with Crippen molar-refractivity contribution in [3.8, 4) is 0 Å². The number of carboxylic acids is 1. The SMILES string of the molecule is O=C(O)C1CN(C(=O)OCc2ccccc2)CCN1. The van der Waals surface area contributed by atoms with E-state index < -0.39 is 18.1 Å². The van der Waals surface area contributed by atoms with E-state index in [4.69, 9.17) is 9.84 Å². The molecule has 2 N–H and O–H groups in total. The van der Waals surface area contributed by atoms with Crippen LogP contribution in [0, 0.1) is 0 Å². The second kappa shape index (κ2) is 6.19. The first-order chi connectivity index (χ1) is 9.16. The number of hydrogen-bond acceptors (Lipinski definition) is 4. The lowest BCUT2D eigenvalue weighted by Crippen LogP contribution is -2.55. The van der Waals surface area contributed by atoms with Crippen LogP contribution in [0.15, 0.2) is 30.3 Å². The Hall–Kier alpha value is -2.08. The fourth-order valence-corrected chi connectivity index (χ4v) is 1.89. The summed E-state index contributed by atoms with van der Waals surface area (Å²) in [5.41, 5.74) is 0.903. The van der Waals surface area contributed by atoms with E-state index in [9.17, 15) is 9.59 Å². The van der Waals surface area contributed by atoms with E-state index in [-0.39, 0.29) is 13.2 Å². The van der Waals surface area contributed by atoms with E-state index >= 15 is 0 Å². The third-order valence-electron chi connectivity index (χ3n) is 2.94. The lowest BCUT2D eigenvalue weighted by atomic mass is 10.2. The monoisotopic (exact) mass is 264 g/mol. The van der Waals surface area contributed by atoms with Crippen molar-refractivity contribution in [2.45, 2.75) is 12.6 Å². The van der Waals surface area contributed by atoms with Gasteiger partial charge in [0.2, 0.25) is 0 Å². The summed E-state index contributed by atoms with van der Waals surface area (Å²) in [5.74, 6) is -0.958. The van der Waals surface area contributed by atoms with E-state index in [1.165, 1.54) is 4.90 Å². The molecule has 0 radical (unpaired) electrons. The second-order valence-corrected chi connectivity index (χ2v) is 4.33. The molecule has 1 aromatic rings. The summed E-state index contributed by atoms with van der Waals surface area (Å²) in [6.45, 7) is 1.24. The first-order valence-electron chi connectivity index (χ1n) is 6.08. The number of nitrogens with one attached hydrogen (secondary N) is 1. The number of piperazine rings is 1. The Morgan fingerprint density at radius 2 is 2.11 bits per heavy atom. The number of carboxylic acid groups (broad SMARTS) is 1. The minimum absolute atomic E-state index is 0.128. The van der Waals surface area contributed by atoms with Gasteiger partial charge >= 0.3 is 12.1 Å². The van der Waals surface area contributed by atoms with Crippen molar-refractivity contribution in [2.24, 2.45) is 0 Å². The summed E-state index contributed by atoms with van der Waals surface area (Å²) in [6.07, 6.45) is -0.475. The number of ether oxygens (including phenoxy) is 1. The van der Waals surface area contributed by atoms with E-state index in [2.05, 4.69) is 5.32 Å². The van der Waals surface area contributed by atoms with Crippen LogP contribution in [0.1, 0.15) is 5.56 Å². The van der Waals surface area contributed by atoms with Crippen LogP contribution in [-0.4, -0.2) is 47.7 Å². The van der Waals surface area contributed by atoms with E-state index in [0.29, 0.717) is 13.1 Å². The number of rotatable bonds is 3. The molecule has 2 rings (SSSR count). The molecule has 0 aromatic heterocycles. The van der Waals surface area contributed by atoms with Crippen molar-refractivity contribution in [1.82, 2.24) is 10.2 Å². The van der Waals surface area contributed by atoms with Crippen LogP contribution in [0.5, 0.6) is 0 Å². The predicted molar refractivity (Wildman–Crippen MR) is 67.6 cm³/mol. The Bertz CT molecular complexity index is 449. The number of nitrogens with zero attached hydrogens (tertiary/aromatic N) is 1. The van der Waals surface area contributed by atoms with Crippen LogP contribution in [0.3, 0.4) is 0 Å². The van der Waals surface area contributed by atoms with Crippen molar-refractivity contribution in [2.75, 3.05) is 19.6 Å². The highest BCUT2D eigenvalue weighted by molar-refractivity contribution is 5.76. The largest absolute Gasteiger partial charge is 0.480 e. The summed E-state index contributed by atoms with van der Waals surface area (Å²) in [7, 11) is 0. The van der Waals surface area contributed by atoms with Gasteiger partial charge in [0.25, 0.3) is 0 Å². The first kappa shape index (κ1) is 13.4. The maximum absolute atomic E-state index is 11.8. The molecule has 0 aliphatic carbocycles. The number of aliphatic carboxylic acids is 1. The number of amides is 1. The second-order valence-electron chi connectivity index (χ2n) is 4.33. The van der Waals surface area contributed by atoms with Gasteiger partial charge in [-0.2, -0.15) is 0 Å². The molecule has 1 aliphatic rings. The zero-order valence-corrected chi connectivity index (χ0v) is 10.4. The molecular formula is C13H16N2O4. The molecule has 1 fully saturated rings. The quantitative estimate of drug-likeness (QED) is 0.839. The van der Waals surface area contributed by atoms with Crippen LogP contribution in [0.4, 0.5) is 4.79 Å². The average Bonchev–Trinajstić information content (AvgIpc) is 2.46. The highest BCUT2D eigenvalue weighted by atomic mass is 16.6. The molecule has 1 saturated heterocycles. The highest BCUT2D eigenvalue weighted by Crippen LogP contribution is 2.06. The van der Waals surface area contributed by atoms with Gasteiger partial charge in [-0.15, -0.1) is 0 Å². The van der Waals surface area contributed by atoms with Gasteiger partial charge in [0.15, 0.2) is 0 Å². The van der Waals surface area contributed by atoms with Gasteiger partial charge in [0.05, 0.1) is 6.54 Å². The first-order valence-corrected chi connectivity index (χ1v) is 6.08. The van der Waals surface area contributed by atoms with Crippen LogP contribution in [0.2, 0.25) is 0 Å². The molecule has 6 heteroatoms. The Morgan fingerprint density at radius 3 is 2.79 bits per heavy atom. The smallest absolute Gasteiger partial charge is 0.410 e. The number of carbonyl (C=O) groups excluding carboxylic acids is 1. The molecule has 1 aliphatic heterocycles. The average molecular weight is 264 g/mol. The summed E-state index contributed by atoms with van der Waals surface area (Å²) in [6, 6.07) is 8.64. The molecule has 0 spiro atoms. The van der Waals surface area contributed by atoms with Crippen molar-refractivity contribution in [1.29, 1.82) is 0 Å². The molecule has 0 bridgehead atoms. The topological polar surface area (TPSA) is 78.9 Å². The Balaban J connectivity index is 1.84. The number of hydrogen-bond donors (Lipinski definition) is 2. The number of carbonyl (C=O) groups is 2. The molecule has 1 aromatic carbocycles. The van der Waals surface area contributed by atoms with Crippen molar-refractivity contribution < 1.29 is 19.4 Å². The minimum Gasteiger partial charge on any atom is -0.480 e. The summed E-state index contributed by atoms with van der Waals surface area (Å²) in [4.78, 5) is 24.1. The molecular weight excluding hydrogens is 248 g/mol. The van der Waals surface area contributed by atoms with Crippen LogP contribution in [-0.2, 0) is 16.1 Å². The third kappa shape index (κ3) is 3.69. The maximum Gasteiger partial charge on any atom is 0.410 e. The van der Waals surface area contributed by atoms with Gasteiger partial charge < -0.3 is 20.1 Å². The molecule has 1 heterocycles. The predicted octanol–water partition coefficient (Wildman–Crippen LogP) is 0.682.